The highest BCUT2D eigenvalue weighted by molar-refractivity contribution is 7.46. The first-order valence-electron chi connectivity index (χ1n) is 15.5. The molecular formula is C32H35ClFN8O6P. The summed E-state index contributed by atoms with van der Waals surface area (Å²) in [4.78, 5) is 42.2. The van der Waals surface area contributed by atoms with Crippen molar-refractivity contribution in [3.8, 4) is 6.07 Å². The number of rotatable bonds is 10. The molecule has 3 N–H and O–H groups in total. The maximum Gasteiger partial charge on any atom is 0.472 e. The average Bonchev–Trinajstić information content (AvgIpc) is 3.42. The van der Waals surface area contributed by atoms with E-state index in [0.29, 0.717) is 28.1 Å². The van der Waals surface area contributed by atoms with Crippen molar-refractivity contribution in [2.75, 3.05) is 17.0 Å². The van der Waals surface area contributed by atoms with Gasteiger partial charge in [0.25, 0.3) is 0 Å². The summed E-state index contributed by atoms with van der Waals surface area (Å²) in [5.41, 5.74) is 1.65. The first kappa shape index (κ1) is 34.7. The number of amides is 1. The van der Waals surface area contributed by atoms with Crippen LogP contribution in [0.2, 0.25) is 5.02 Å². The number of hydrogen-bond acceptors (Lipinski definition) is 10. The van der Waals surface area contributed by atoms with Gasteiger partial charge in [-0.15, -0.1) is 5.10 Å². The molecule has 258 valence electrons. The van der Waals surface area contributed by atoms with Crippen molar-refractivity contribution in [2.45, 2.75) is 71.5 Å². The second-order valence-corrected chi connectivity index (χ2v) is 15.4. The Morgan fingerprint density at radius 2 is 2.02 bits per heavy atom. The van der Waals surface area contributed by atoms with E-state index in [-0.39, 0.29) is 44.7 Å². The maximum absolute atomic E-state index is 14.3. The van der Waals surface area contributed by atoms with Gasteiger partial charge in [-0.3, -0.25) is 9.88 Å². The number of aryl methyl sites for hydroxylation is 1. The number of nitrogens with zero attached hydrogens (tertiary/aromatic N) is 7. The number of pyridine rings is 2. The van der Waals surface area contributed by atoms with Gasteiger partial charge in [-0.2, -0.15) is 9.65 Å². The molecule has 7 rings (SSSR count). The number of phosphoric ester groups is 1. The zero-order valence-electron chi connectivity index (χ0n) is 27.4. The van der Waals surface area contributed by atoms with Crippen LogP contribution in [0.1, 0.15) is 75.5 Å². The van der Waals surface area contributed by atoms with E-state index < -0.39 is 32.7 Å². The van der Waals surface area contributed by atoms with Crippen LogP contribution in [0.25, 0.3) is 10.9 Å². The maximum atomic E-state index is 14.3. The third-order valence-electron chi connectivity index (χ3n) is 9.50. The van der Waals surface area contributed by atoms with Gasteiger partial charge in [0, 0.05) is 28.9 Å². The van der Waals surface area contributed by atoms with Crippen molar-refractivity contribution in [3.05, 3.63) is 70.1 Å². The molecule has 0 aliphatic heterocycles. The number of aromatic nitrogens is 5. The van der Waals surface area contributed by atoms with E-state index in [1.165, 1.54) is 18.3 Å². The Hall–Kier alpha value is -4.19. The molecule has 17 heteroatoms. The number of carbonyl (C=O) groups excluding carboxylic acids is 1. The molecule has 2 bridgehead atoms. The number of ether oxygens (including phenoxy) is 1. The summed E-state index contributed by atoms with van der Waals surface area (Å²) in [7, 11) is -5.01. The molecule has 14 nitrogen and oxygen atoms in total. The number of halogens is 2. The van der Waals surface area contributed by atoms with Gasteiger partial charge in [0.05, 0.1) is 39.2 Å². The number of hydrogen-bond donors (Lipinski definition) is 3. The molecule has 3 aliphatic rings. The Labute approximate surface area is 286 Å². The van der Waals surface area contributed by atoms with Gasteiger partial charge in [-0.25, -0.2) is 23.5 Å². The number of nitrogens with one attached hydrogen (secondary N) is 1. The van der Waals surface area contributed by atoms with Gasteiger partial charge >= 0.3 is 13.9 Å². The highest BCUT2D eigenvalue weighted by atomic mass is 35.5. The average molecular weight is 713 g/mol. The summed E-state index contributed by atoms with van der Waals surface area (Å²) in [6, 6.07) is 6.56. The summed E-state index contributed by atoms with van der Waals surface area (Å²) in [5.74, 6) is -0.0998. The topological polar surface area (TPSA) is 189 Å². The highest BCUT2D eigenvalue weighted by Crippen LogP contribution is 2.62. The predicted octanol–water partition coefficient (Wildman–Crippen LogP) is 6.35. The van der Waals surface area contributed by atoms with Crippen molar-refractivity contribution in [3.63, 3.8) is 0 Å². The molecule has 4 aromatic rings. The number of anilines is 2. The van der Waals surface area contributed by atoms with Crippen LogP contribution < -0.4 is 10.2 Å². The van der Waals surface area contributed by atoms with E-state index >= 15 is 0 Å². The summed E-state index contributed by atoms with van der Waals surface area (Å²) in [6.07, 6.45) is 4.91. The quantitative estimate of drug-likeness (QED) is 0.0940. The Morgan fingerprint density at radius 3 is 2.61 bits per heavy atom. The van der Waals surface area contributed by atoms with Crippen LogP contribution in [0.4, 0.5) is 20.6 Å². The van der Waals surface area contributed by atoms with Crippen LogP contribution in [0.5, 0.6) is 0 Å². The summed E-state index contributed by atoms with van der Waals surface area (Å²) in [5, 5.41) is 22.9. The fourth-order valence-corrected chi connectivity index (χ4v) is 6.69. The first-order chi connectivity index (χ1) is 23.0. The van der Waals surface area contributed by atoms with E-state index in [1.807, 2.05) is 27.7 Å². The molecule has 3 aromatic heterocycles. The molecule has 0 radical (unpaired) electrons. The van der Waals surface area contributed by atoms with Gasteiger partial charge in [-0.1, -0.05) is 43.7 Å². The minimum absolute atomic E-state index is 0.123. The van der Waals surface area contributed by atoms with Crippen molar-refractivity contribution < 1.29 is 32.8 Å². The van der Waals surface area contributed by atoms with E-state index in [1.54, 1.807) is 23.9 Å². The Morgan fingerprint density at radius 1 is 1.31 bits per heavy atom. The molecule has 0 saturated heterocycles. The van der Waals surface area contributed by atoms with E-state index in [0.717, 1.165) is 30.2 Å². The SMILES string of the molecule is Cc1nc(F)ccc1[C@@H](c1cn(C23CC(C2)C3)nn1)N(C(=O)OCOP(=O)(O)O)c1cc(Cl)c2ncc(C#N)c(N[C@H](C)C(C)(C)C)c2c1. The third-order valence-corrected chi connectivity index (χ3v) is 10.2. The Kier molecular flexibility index (Phi) is 8.92. The molecule has 3 saturated carbocycles. The zero-order chi connectivity index (χ0) is 35.5. The van der Waals surface area contributed by atoms with Crippen LogP contribution in [0.15, 0.2) is 36.7 Å². The van der Waals surface area contributed by atoms with E-state index in [2.05, 4.69) is 36.2 Å². The van der Waals surface area contributed by atoms with Crippen molar-refractivity contribution in [1.29, 1.82) is 5.26 Å². The third kappa shape index (κ3) is 6.71. The molecular weight excluding hydrogens is 678 g/mol. The standard InChI is InChI=1S/C32H35ClFN8O6P/c1-17-22(6-7-26(34)37-17)29(25-15-41(40-39-25)32-10-19(11-32)12-32)42(30(43)47-16-48-49(44,45)46)21-8-23-27(38-18(2)31(3,4)5)20(13-35)14-36-28(23)24(33)9-21/h6-9,14-15,18-19,29H,10-12,16H2,1-5H3,(H,36,38)(H2,44,45,46)/t18-,19?,29+,32?/m1/s1. The smallest absolute Gasteiger partial charge is 0.421 e. The van der Waals surface area contributed by atoms with Crippen LogP contribution in [-0.2, 0) is 19.4 Å². The predicted molar refractivity (Wildman–Crippen MR) is 177 cm³/mol. The van der Waals surface area contributed by atoms with Gasteiger partial charge in [0.1, 0.15) is 17.8 Å². The zero-order valence-corrected chi connectivity index (χ0v) is 29.0. The van der Waals surface area contributed by atoms with E-state index in [9.17, 15) is 28.8 Å². The minimum atomic E-state index is -5.01. The lowest BCUT2D eigenvalue weighted by molar-refractivity contribution is -0.0989. The second kappa shape index (κ2) is 12.6. The number of benzene rings is 1. The van der Waals surface area contributed by atoms with Crippen LogP contribution in [0, 0.1) is 35.5 Å². The number of carbonyl (C=O) groups is 1. The fraction of sp³-hybridized carbons (Fsp3) is 0.438. The summed E-state index contributed by atoms with van der Waals surface area (Å²) in [6.45, 7) is 8.57. The molecule has 0 spiro atoms. The summed E-state index contributed by atoms with van der Waals surface area (Å²) >= 11 is 6.84. The minimum Gasteiger partial charge on any atom is -0.421 e. The fourth-order valence-electron chi connectivity index (χ4n) is 6.24. The number of phosphoric acid groups is 1. The molecule has 3 fully saturated rings. The lowest BCUT2D eigenvalue weighted by Crippen LogP contribution is -2.59. The van der Waals surface area contributed by atoms with E-state index in [4.69, 9.17) is 16.3 Å². The van der Waals surface area contributed by atoms with Crippen molar-refractivity contribution >= 4 is 47.8 Å². The van der Waals surface area contributed by atoms with Crippen LogP contribution in [-0.4, -0.2) is 53.7 Å². The Bertz CT molecular complexity index is 2030. The largest absolute Gasteiger partial charge is 0.472 e. The van der Waals surface area contributed by atoms with Gasteiger partial charge < -0.3 is 19.8 Å². The molecule has 2 atom stereocenters. The number of fused-ring (bicyclic) bond motifs is 1. The molecule has 3 aliphatic carbocycles. The molecule has 1 amide bonds. The van der Waals surface area contributed by atoms with Crippen LogP contribution in [0.3, 0.4) is 0 Å². The summed E-state index contributed by atoms with van der Waals surface area (Å²) < 4.78 is 37.2. The lowest BCUT2D eigenvalue weighted by Gasteiger charge is -2.61. The lowest BCUT2D eigenvalue weighted by atomic mass is 9.50. The van der Waals surface area contributed by atoms with Gasteiger partial charge in [-0.05, 0) is 62.6 Å². The number of nitriles is 1. The highest BCUT2D eigenvalue weighted by Gasteiger charge is 2.59. The molecule has 3 heterocycles. The monoisotopic (exact) mass is 712 g/mol. The first-order valence-corrected chi connectivity index (χ1v) is 17.4. The Balaban J connectivity index is 1.56. The van der Waals surface area contributed by atoms with Crippen LogP contribution >= 0.6 is 19.4 Å². The molecule has 0 unspecified atom stereocenters. The molecule has 1 aromatic carbocycles. The van der Waals surface area contributed by atoms with Crippen molar-refractivity contribution in [1.82, 2.24) is 25.0 Å². The molecule has 49 heavy (non-hydrogen) atoms. The second-order valence-electron chi connectivity index (χ2n) is 13.7. The van der Waals surface area contributed by atoms with Gasteiger partial charge in [0.2, 0.25) is 12.7 Å². The normalized spacial score (nSPS) is 19.7. The van der Waals surface area contributed by atoms with Crippen molar-refractivity contribution in [2.24, 2.45) is 11.3 Å². The van der Waals surface area contributed by atoms with Gasteiger partial charge in [0.15, 0.2) is 0 Å².